The SMILES string of the molecule is [N-]=[N+]=Nc1ccc(OCCCCOCCCCOc2ccc(N=[N+]=[N-])cc2)cc1. The molecule has 0 N–H and O–H groups in total. The number of azide groups is 2. The average Bonchev–Trinajstić information content (AvgIpc) is 2.75. The van der Waals surface area contributed by atoms with Gasteiger partial charge in [0.25, 0.3) is 0 Å². The zero-order valence-electron chi connectivity index (χ0n) is 16.2. The second-order valence-corrected chi connectivity index (χ2v) is 6.09. The predicted molar refractivity (Wildman–Crippen MR) is 111 cm³/mol. The smallest absolute Gasteiger partial charge is 0.119 e. The Morgan fingerprint density at radius 3 is 1.34 bits per heavy atom. The van der Waals surface area contributed by atoms with Gasteiger partial charge in [-0.15, -0.1) is 0 Å². The standard InChI is InChI=1S/C20H24N6O3/c21-25-23-17-5-9-19(10-6-17)28-15-3-1-13-27-14-2-4-16-29-20-11-7-18(8-12-20)24-26-22/h5-12H,1-4,13-16H2. The minimum atomic E-state index is 0.571. The lowest BCUT2D eigenvalue weighted by Gasteiger charge is -2.08. The van der Waals surface area contributed by atoms with Crippen LogP contribution in [-0.2, 0) is 4.74 Å². The summed E-state index contributed by atoms with van der Waals surface area (Å²) in [6, 6.07) is 14.0. The van der Waals surface area contributed by atoms with Gasteiger partial charge in [-0.05, 0) is 85.3 Å². The van der Waals surface area contributed by atoms with Crippen LogP contribution in [0.15, 0.2) is 58.8 Å². The summed E-state index contributed by atoms with van der Waals surface area (Å²) in [7, 11) is 0. The minimum absolute atomic E-state index is 0.571. The molecule has 0 aliphatic carbocycles. The molecular weight excluding hydrogens is 372 g/mol. The number of hydrogen-bond donors (Lipinski definition) is 0. The number of unbranched alkanes of at least 4 members (excludes halogenated alkanes) is 2. The van der Waals surface area contributed by atoms with E-state index in [1.807, 2.05) is 0 Å². The zero-order chi connectivity index (χ0) is 20.6. The minimum Gasteiger partial charge on any atom is -0.494 e. The lowest BCUT2D eigenvalue weighted by Crippen LogP contribution is -2.03. The third kappa shape index (κ3) is 9.39. The van der Waals surface area contributed by atoms with Crippen LogP contribution in [0.4, 0.5) is 11.4 Å². The van der Waals surface area contributed by atoms with Gasteiger partial charge in [0.1, 0.15) is 11.5 Å². The van der Waals surface area contributed by atoms with Crippen molar-refractivity contribution in [3.63, 3.8) is 0 Å². The van der Waals surface area contributed by atoms with Gasteiger partial charge in [-0.25, -0.2) is 0 Å². The van der Waals surface area contributed by atoms with E-state index in [0.29, 0.717) is 37.8 Å². The normalized spacial score (nSPS) is 9.93. The van der Waals surface area contributed by atoms with Crippen LogP contribution in [0.2, 0.25) is 0 Å². The third-order valence-electron chi connectivity index (χ3n) is 3.90. The van der Waals surface area contributed by atoms with Crippen LogP contribution < -0.4 is 9.47 Å². The second kappa shape index (κ2) is 13.7. The van der Waals surface area contributed by atoms with E-state index in [4.69, 9.17) is 25.3 Å². The maximum atomic E-state index is 8.36. The molecule has 0 aliphatic heterocycles. The van der Waals surface area contributed by atoms with Gasteiger partial charge in [-0.1, -0.05) is 10.2 Å². The molecule has 0 fully saturated rings. The lowest BCUT2D eigenvalue weighted by atomic mass is 10.3. The molecule has 2 aromatic carbocycles. The fraction of sp³-hybridized carbons (Fsp3) is 0.400. The average molecular weight is 396 g/mol. The van der Waals surface area contributed by atoms with Crippen molar-refractivity contribution in [1.82, 2.24) is 0 Å². The molecular formula is C20H24N6O3. The molecule has 0 spiro atoms. The van der Waals surface area contributed by atoms with Crippen molar-refractivity contribution in [3.05, 3.63) is 69.4 Å². The van der Waals surface area contributed by atoms with Crippen LogP contribution in [0.5, 0.6) is 11.5 Å². The number of ether oxygens (including phenoxy) is 3. The molecule has 0 atom stereocenters. The topological polar surface area (TPSA) is 125 Å². The summed E-state index contributed by atoms with van der Waals surface area (Å²) >= 11 is 0. The highest BCUT2D eigenvalue weighted by atomic mass is 16.5. The summed E-state index contributed by atoms with van der Waals surface area (Å²) in [5.41, 5.74) is 17.9. The van der Waals surface area contributed by atoms with E-state index < -0.39 is 0 Å². The fourth-order valence-electron chi connectivity index (χ4n) is 2.42. The molecule has 29 heavy (non-hydrogen) atoms. The first-order chi connectivity index (χ1) is 14.3. The zero-order valence-corrected chi connectivity index (χ0v) is 16.2. The van der Waals surface area contributed by atoms with E-state index >= 15 is 0 Å². The Kier molecular flexibility index (Phi) is 10.4. The predicted octanol–water partition coefficient (Wildman–Crippen LogP) is 6.61. The molecule has 2 aromatic rings. The Morgan fingerprint density at radius 1 is 0.586 bits per heavy atom. The molecule has 9 heteroatoms. The van der Waals surface area contributed by atoms with E-state index in [1.54, 1.807) is 48.5 Å². The number of benzene rings is 2. The molecule has 2 rings (SSSR count). The molecule has 0 aliphatic rings. The van der Waals surface area contributed by atoms with Crippen molar-refractivity contribution in [2.75, 3.05) is 26.4 Å². The molecule has 0 amide bonds. The maximum absolute atomic E-state index is 8.36. The van der Waals surface area contributed by atoms with E-state index in [9.17, 15) is 0 Å². The van der Waals surface area contributed by atoms with Crippen molar-refractivity contribution in [2.45, 2.75) is 25.7 Å². The maximum Gasteiger partial charge on any atom is 0.119 e. The Bertz CT molecular complexity index is 744. The molecule has 152 valence electrons. The Hall–Kier alpha value is -3.38. The number of nitrogens with zero attached hydrogens (tertiary/aromatic N) is 6. The van der Waals surface area contributed by atoms with Crippen LogP contribution >= 0.6 is 0 Å². The molecule has 9 nitrogen and oxygen atoms in total. The van der Waals surface area contributed by atoms with Crippen LogP contribution in [0, 0.1) is 0 Å². The van der Waals surface area contributed by atoms with E-state index in [0.717, 1.165) is 37.2 Å². The summed E-state index contributed by atoms with van der Waals surface area (Å²) in [5.74, 6) is 1.52. The van der Waals surface area contributed by atoms with Gasteiger partial charge < -0.3 is 14.2 Å². The highest BCUT2D eigenvalue weighted by Gasteiger charge is 1.97. The summed E-state index contributed by atoms with van der Waals surface area (Å²) in [6.45, 7) is 2.66. The summed E-state index contributed by atoms with van der Waals surface area (Å²) < 4.78 is 16.9. The van der Waals surface area contributed by atoms with Crippen molar-refractivity contribution in [2.24, 2.45) is 10.2 Å². The Labute approximate surface area is 169 Å². The van der Waals surface area contributed by atoms with Gasteiger partial charge in [0.15, 0.2) is 0 Å². The monoisotopic (exact) mass is 396 g/mol. The quantitative estimate of drug-likeness (QED) is 0.154. The first kappa shape index (κ1) is 21.9. The van der Waals surface area contributed by atoms with Gasteiger partial charge in [0, 0.05) is 34.4 Å². The Balaban J connectivity index is 1.42. The molecule has 0 bridgehead atoms. The van der Waals surface area contributed by atoms with Crippen molar-refractivity contribution in [1.29, 1.82) is 0 Å². The summed E-state index contributed by atoms with van der Waals surface area (Å²) in [4.78, 5) is 5.47. The Morgan fingerprint density at radius 2 is 0.966 bits per heavy atom. The van der Waals surface area contributed by atoms with E-state index in [1.165, 1.54) is 0 Å². The number of rotatable bonds is 14. The highest BCUT2D eigenvalue weighted by Crippen LogP contribution is 2.19. The number of hydrogen-bond acceptors (Lipinski definition) is 5. The first-order valence-corrected chi connectivity index (χ1v) is 9.45. The third-order valence-corrected chi connectivity index (χ3v) is 3.90. The highest BCUT2D eigenvalue weighted by molar-refractivity contribution is 5.41. The molecule has 0 saturated carbocycles. The van der Waals surface area contributed by atoms with Crippen LogP contribution in [-0.4, -0.2) is 26.4 Å². The largest absolute Gasteiger partial charge is 0.494 e. The van der Waals surface area contributed by atoms with E-state index in [-0.39, 0.29) is 0 Å². The fourth-order valence-corrected chi connectivity index (χ4v) is 2.42. The van der Waals surface area contributed by atoms with Crippen molar-refractivity contribution < 1.29 is 14.2 Å². The van der Waals surface area contributed by atoms with Crippen LogP contribution in [0.1, 0.15) is 25.7 Å². The second-order valence-electron chi connectivity index (χ2n) is 6.09. The van der Waals surface area contributed by atoms with E-state index in [2.05, 4.69) is 20.1 Å². The lowest BCUT2D eigenvalue weighted by molar-refractivity contribution is 0.119. The first-order valence-electron chi connectivity index (χ1n) is 9.45. The van der Waals surface area contributed by atoms with Crippen LogP contribution in [0.3, 0.4) is 0 Å². The summed E-state index contributed by atoms with van der Waals surface area (Å²) in [6.07, 6.45) is 3.69. The summed E-state index contributed by atoms with van der Waals surface area (Å²) in [5, 5.41) is 7.03. The van der Waals surface area contributed by atoms with Gasteiger partial charge in [-0.3, -0.25) is 0 Å². The molecule has 0 heterocycles. The van der Waals surface area contributed by atoms with Crippen molar-refractivity contribution in [3.8, 4) is 11.5 Å². The van der Waals surface area contributed by atoms with Crippen LogP contribution in [0.25, 0.3) is 20.9 Å². The van der Waals surface area contributed by atoms with Gasteiger partial charge in [0.2, 0.25) is 0 Å². The molecule has 0 unspecified atom stereocenters. The molecule has 0 aromatic heterocycles. The van der Waals surface area contributed by atoms with Crippen molar-refractivity contribution >= 4 is 11.4 Å². The molecule has 0 saturated heterocycles. The van der Waals surface area contributed by atoms with Gasteiger partial charge in [-0.2, -0.15) is 0 Å². The van der Waals surface area contributed by atoms with Gasteiger partial charge in [0.05, 0.1) is 13.2 Å². The van der Waals surface area contributed by atoms with Gasteiger partial charge >= 0.3 is 0 Å². The molecule has 0 radical (unpaired) electrons.